The van der Waals surface area contributed by atoms with E-state index in [9.17, 15) is 4.79 Å². The number of unbranched alkanes of at least 4 members (excludes halogenated alkanes) is 7. The van der Waals surface area contributed by atoms with Gasteiger partial charge in [-0.1, -0.05) is 58.8 Å². The summed E-state index contributed by atoms with van der Waals surface area (Å²) in [6.07, 6.45) is 14.2. The summed E-state index contributed by atoms with van der Waals surface area (Å²) in [5.41, 5.74) is 0.268. The van der Waals surface area contributed by atoms with Crippen LogP contribution in [0.25, 0.3) is 11.1 Å². The van der Waals surface area contributed by atoms with Crippen LogP contribution in [0.15, 0.2) is 21.5 Å². The lowest BCUT2D eigenvalue weighted by atomic mass is 10.1. The number of fused-ring (bicyclic) bond motifs is 1. The minimum atomic E-state index is -0.215. The maximum atomic E-state index is 11.8. The average molecular weight is 318 g/mol. The first-order chi connectivity index (χ1) is 11.2. The number of aryl methyl sites for hydroxylation is 2. The molecule has 2 aromatic rings. The second-order valence-electron chi connectivity index (χ2n) is 6.41. The summed E-state index contributed by atoms with van der Waals surface area (Å²) in [5.74, 6) is 0.951. The van der Waals surface area contributed by atoms with E-state index in [1.54, 1.807) is 4.57 Å². The summed E-state index contributed by atoms with van der Waals surface area (Å²) in [4.78, 5) is 15.9. The number of aromatic nitrogens is 2. The van der Waals surface area contributed by atoms with E-state index in [0.717, 1.165) is 30.4 Å². The van der Waals surface area contributed by atoms with Crippen molar-refractivity contribution < 1.29 is 4.42 Å². The van der Waals surface area contributed by atoms with Crippen LogP contribution in [0.4, 0.5) is 0 Å². The average Bonchev–Trinajstić information content (AvgIpc) is 2.92. The highest BCUT2D eigenvalue weighted by Gasteiger charge is 2.08. The third kappa shape index (κ3) is 5.52. The van der Waals surface area contributed by atoms with E-state index in [1.807, 2.05) is 12.3 Å². The highest BCUT2D eigenvalue weighted by molar-refractivity contribution is 5.72. The van der Waals surface area contributed by atoms with Crippen LogP contribution >= 0.6 is 0 Å². The fourth-order valence-corrected chi connectivity index (χ4v) is 2.96. The van der Waals surface area contributed by atoms with Crippen molar-refractivity contribution in [3.05, 3.63) is 28.5 Å². The molecule has 0 aromatic carbocycles. The zero-order chi connectivity index (χ0) is 16.5. The molecule has 0 spiro atoms. The van der Waals surface area contributed by atoms with Crippen molar-refractivity contribution in [2.24, 2.45) is 0 Å². The van der Waals surface area contributed by atoms with Gasteiger partial charge in [0.15, 0.2) is 0 Å². The van der Waals surface area contributed by atoms with Gasteiger partial charge in [-0.15, -0.1) is 0 Å². The van der Waals surface area contributed by atoms with E-state index in [1.165, 1.54) is 44.9 Å². The van der Waals surface area contributed by atoms with Gasteiger partial charge in [-0.25, -0.2) is 4.79 Å². The van der Waals surface area contributed by atoms with Crippen LogP contribution in [0.3, 0.4) is 0 Å². The van der Waals surface area contributed by atoms with E-state index >= 15 is 0 Å². The van der Waals surface area contributed by atoms with Crippen LogP contribution in [0.5, 0.6) is 0 Å². The van der Waals surface area contributed by atoms with Crippen LogP contribution in [0.1, 0.15) is 77.4 Å². The molecule has 0 amide bonds. The number of nitrogens with zero attached hydrogens (tertiary/aromatic N) is 2. The monoisotopic (exact) mass is 318 g/mol. The molecule has 0 aliphatic heterocycles. The first-order valence-electron chi connectivity index (χ1n) is 9.24. The van der Waals surface area contributed by atoms with E-state index in [-0.39, 0.29) is 5.69 Å². The lowest BCUT2D eigenvalue weighted by Crippen LogP contribution is -2.21. The summed E-state index contributed by atoms with van der Waals surface area (Å²) in [7, 11) is 0. The van der Waals surface area contributed by atoms with Gasteiger partial charge in [-0.3, -0.25) is 4.57 Å². The molecule has 0 saturated carbocycles. The molecule has 0 N–H and O–H groups in total. The molecule has 0 saturated heterocycles. The smallest absolute Gasteiger partial charge is 0.350 e. The third-order valence-corrected chi connectivity index (χ3v) is 4.27. The highest BCUT2D eigenvalue weighted by atomic mass is 16.3. The molecule has 0 bridgehead atoms. The summed E-state index contributed by atoms with van der Waals surface area (Å²) >= 11 is 0. The maximum absolute atomic E-state index is 11.8. The summed E-state index contributed by atoms with van der Waals surface area (Å²) < 4.78 is 7.38. The summed E-state index contributed by atoms with van der Waals surface area (Å²) in [6.45, 7) is 5.02. The zero-order valence-electron chi connectivity index (χ0n) is 14.6. The molecular weight excluding hydrogens is 288 g/mol. The van der Waals surface area contributed by atoms with Crippen LogP contribution in [-0.4, -0.2) is 9.55 Å². The van der Waals surface area contributed by atoms with Crippen molar-refractivity contribution in [2.75, 3.05) is 0 Å². The maximum Gasteiger partial charge on any atom is 0.350 e. The van der Waals surface area contributed by atoms with Gasteiger partial charge < -0.3 is 4.42 Å². The van der Waals surface area contributed by atoms with Gasteiger partial charge >= 0.3 is 5.69 Å². The second-order valence-corrected chi connectivity index (χ2v) is 6.41. The summed E-state index contributed by atoms with van der Waals surface area (Å²) in [6, 6.07) is 2.04. The van der Waals surface area contributed by atoms with Crippen molar-refractivity contribution >= 4 is 11.1 Å². The first-order valence-corrected chi connectivity index (χ1v) is 9.24. The molecule has 4 nitrogen and oxygen atoms in total. The minimum absolute atomic E-state index is 0.215. The molecule has 4 heteroatoms. The molecule has 0 aliphatic rings. The van der Waals surface area contributed by atoms with Crippen molar-refractivity contribution in [3.63, 3.8) is 0 Å². The van der Waals surface area contributed by atoms with E-state index in [4.69, 9.17) is 4.42 Å². The van der Waals surface area contributed by atoms with Gasteiger partial charge in [-0.05, 0) is 18.9 Å². The molecule has 0 aliphatic carbocycles. The van der Waals surface area contributed by atoms with Gasteiger partial charge in [0, 0.05) is 19.2 Å². The Balaban J connectivity index is 1.79. The molecule has 23 heavy (non-hydrogen) atoms. The Labute approximate surface area is 138 Å². The second kappa shape index (κ2) is 9.53. The van der Waals surface area contributed by atoms with Crippen LogP contribution in [0.2, 0.25) is 0 Å². The van der Waals surface area contributed by atoms with Crippen LogP contribution in [-0.2, 0) is 13.0 Å². The quantitative estimate of drug-likeness (QED) is 0.543. The van der Waals surface area contributed by atoms with Gasteiger partial charge in [0.05, 0.1) is 5.39 Å². The molecule has 2 rings (SSSR count). The van der Waals surface area contributed by atoms with Crippen molar-refractivity contribution in [2.45, 2.75) is 84.6 Å². The highest BCUT2D eigenvalue weighted by Crippen LogP contribution is 2.18. The minimum Gasteiger partial charge on any atom is -0.443 e. The van der Waals surface area contributed by atoms with Crippen molar-refractivity contribution in [3.8, 4) is 0 Å². The topological polar surface area (TPSA) is 48.0 Å². The number of furan rings is 1. The molecule has 0 radical (unpaired) electrons. The van der Waals surface area contributed by atoms with Gasteiger partial charge in [0.25, 0.3) is 0 Å². The molecule has 0 atom stereocenters. The third-order valence-electron chi connectivity index (χ3n) is 4.27. The van der Waals surface area contributed by atoms with E-state index in [0.29, 0.717) is 12.3 Å². The predicted octanol–water partition coefficient (Wildman–Crippen LogP) is 5.08. The SMILES string of the molecule is CCCCCCCCCCc1cc2cn(CCC)c(=O)nc2o1. The lowest BCUT2D eigenvalue weighted by Gasteiger charge is -2.00. The lowest BCUT2D eigenvalue weighted by molar-refractivity contribution is 0.509. The normalized spacial score (nSPS) is 11.4. The Hall–Kier alpha value is -1.58. The number of hydrogen-bond donors (Lipinski definition) is 0. The van der Waals surface area contributed by atoms with Crippen LogP contribution < -0.4 is 5.69 Å². The molecule has 0 fully saturated rings. The largest absolute Gasteiger partial charge is 0.443 e. The molecular formula is C19H30N2O2. The first kappa shape index (κ1) is 17.8. The molecule has 2 heterocycles. The van der Waals surface area contributed by atoms with Gasteiger partial charge in [0.1, 0.15) is 5.76 Å². The molecule has 0 unspecified atom stereocenters. The standard InChI is InChI=1S/C19H30N2O2/c1-3-5-6-7-8-9-10-11-12-17-14-16-15-21(13-4-2)19(22)20-18(16)23-17/h14-15H,3-13H2,1-2H3. The Morgan fingerprint density at radius 1 is 1.00 bits per heavy atom. The van der Waals surface area contributed by atoms with Crippen molar-refractivity contribution in [1.82, 2.24) is 9.55 Å². The Kier molecular flexibility index (Phi) is 7.37. The number of hydrogen-bond acceptors (Lipinski definition) is 3. The Morgan fingerprint density at radius 2 is 1.70 bits per heavy atom. The number of rotatable bonds is 11. The van der Waals surface area contributed by atoms with Gasteiger partial charge in [-0.2, -0.15) is 4.98 Å². The van der Waals surface area contributed by atoms with Crippen molar-refractivity contribution in [1.29, 1.82) is 0 Å². The fourth-order valence-electron chi connectivity index (χ4n) is 2.96. The van der Waals surface area contributed by atoms with Crippen LogP contribution in [0, 0.1) is 0 Å². The molecule has 2 aromatic heterocycles. The van der Waals surface area contributed by atoms with E-state index in [2.05, 4.69) is 18.8 Å². The predicted molar refractivity (Wildman–Crippen MR) is 94.9 cm³/mol. The Bertz CT molecular complexity index is 642. The van der Waals surface area contributed by atoms with Gasteiger partial charge in [0.2, 0.25) is 5.71 Å². The fraction of sp³-hybridized carbons (Fsp3) is 0.684. The Morgan fingerprint density at radius 3 is 2.39 bits per heavy atom. The molecule has 128 valence electrons. The summed E-state index contributed by atoms with van der Waals surface area (Å²) in [5, 5.41) is 0.938. The van der Waals surface area contributed by atoms with E-state index < -0.39 is 0 Å². The zero-order valence-corrected chi connectivity index (χ0v) is 14.6.